The normalized spacial score (nSPS) is 12.6. The van der Waals surface area contributed by atoms with E-state index in [9.17, 15) is 8.78 Å². The first-order valence-corrected chi connectivity index (χ1v) is 6.39. The van der Waals surface area contributed by atoms with E-state index >= 15 is 0 Å². The number of benzene rings is 1. The van der Waals surface area contributed by atoms with Gasteiger partial charge in [0.05, 0.1) is 11.1 Å². The van der Waals surface area contributed by atoms with Crippen LogP contribution in [0.5, 0.6) is 11.5 Å². The minimum absolute atomic E-state index is 0.0141. The summed E-state index contributed by atoms with van der Waals surface area (Å²) in [7, 11) is 0. The molecule has 102 valence electrons. The van der Waals surface area contributed by atoms with E-state index in [0.717, 1.165) is 5.56 Å². The molecule has 6 heteroatoms. The minimum atomic E-state index is -2.89. The second-order valence-electron chi connectivity index (χ2n) is 3.90. The first-order valence-electron chi connectivity index (χ1n) is 5.59. The van der Waals surface area contributed by atoms with Gasteiger partial charge in [-0.1, -0.05) is 0 Å². The first kappa shape index (κ1) is 15.2. The lowest BCUT2D eigenvalue weighted by Gasteiger charge is -2.15. The Kier molecular flexibility index (Phi) is 5.81. The smallest absolute Gasteiger partial charge is 0.387 e. The average Bonchev–Trinajstić information content (AvgIpc) is 2.22. The highest BCUT2D eigenvalue weighted by molar-refractivity contribution is 9.10. The van der Waals surface area contributed by atoms with Crippen molar-refractivity contribution < 1.29 is 18.3 Å². The second-order valence-corrected chi connectivity index (χ2v) is 4.75. The fourth-order valence-corrected chi connectivity index (χ4v) is 2.16. The molecule has 0 saturated carbocycles. The van der Waals surface area contributed by atoms with E-state index in [1.54, 1.807) is 19.1 Å². The van der Waals surface area contributed by atoms with Gasteiger partial charge in [-0.15, -0.1) is 0 Å². The number of alkyl halides is 2. The van der Waals surface area contributed by atoms with Crippen molar-refractivity contribution in [3.8, 4) is 11.5 Å². The third-order valence-corrected chi connectivity index (χ3v) is 2.72. The van der Waals surface area contributed by atoms with Gasteiger partial charge in [-0.25, -0.2) is 0 Å². The zero-order valence-corrected chi connectivity index (χ0v) is 11.8. The molecule has 0 heterocycles. The Morgan fingerprint density at radius 2 is 2.06 bits per heavy atom. The van der Waals surface area contributed by atoms with Crippen LogP contribution in [-0.2, 0) is 6.42 Å². The predicted octanol–water partition coefficient (Wildman–Crippen LogP) is 3.34. The highest BCUT2D eigenvalue weighted by atomic mass is 79.9. The van der Waals surface area contributed by atoms with Crippen LogP contribution in [0.1, 0.15) is 19.4 Å². The SMILES string of the molecule is CCOc1cc(CC(C)N)cc(Br)c1OC(F)F. The molecular weight excluding hydrogens is 308 g/mol. The minimum Gasteiger partial charge on any atom is -0.490 e. The molecular formula is C12H16BrF2NO2. The molecule has 1 unspecified atom stereocenters. The number of nitrogens with two attached hydrogens (primary N) is 1. The van der Waals surface area contributed by atoms with Crippen LogP contribution in [0.3, 0.4) is 0 Å². The molecule has 1 rings (SSSR count). The molecule has 0 spiro atoms. The van der Waals surface area contributed by atoms with Crippen molar-refractivity contribution >= 4 is 15.9 Å². The summed E-state index contributed by atoms with van der Waals surface area (Å²) in [6.45, 7) is 1.13. The van der Waals surface area contributed by atoms with E-state index in [2.05, 4.69) is 20.7 Å². The molecule has 0 saturated heterocycles. The van der Waals surface area contributed by atoms with Crippen LogP contribution in [0.25, 0.3) is 0 Å². The zero-order chi connectivity index (χ0) is 13.7. The molecule has 3 nitrogen and oxygen atoms in total. The standard InChI is InChI=1S/C12H16BrF2NO2/c1-3-17-10-6-8(4-7(2)16)5-9(13)11(10)18-12(14)15/h5-7,12H,3-4,16H2,1-2H3. The fraction of sp³-hybridized carbons (Fsp3) is 0.500. The Bertz CT molecular complexity index is 400. The number of hydrogen-bond donors (Lipinski definition) is 1. The van der Waals surface area contributed by atoms with E-state index in [-0.39, 0.29) is 11.8 Å². The summed E-state index contributed by atoms with van der Waals surface area (Å²) in [5.41, 5.74) is 6.61. The number of halogens is 3. The topological polar surface area (TPSA) is 44.5 Å². The maximum Gasteiger partial charge on any atom is 0.387 e. The molecule has 0 aliphatic heterocycles. The summed E-state index contributed by atoms with van der Waals surface area (Å²) in [6, 6.07) is 3.37. The molecule has 0 aliphatic carbocycles. The van der Waals surface area contributed by atoms with Crippen molar-refractivity contribution in [3.63, 3.8) is 0 Å². The van der Waals surface area contributed by atoms with Gasteiger partial charge in [0.2, 0.25) is 0 Å². The molecule has 1 atom stereocenters. The van der Waals surface area contributed by atoms with Crippen LogP contribution in [0.4, 0.5) is 8.78 Å². The molecule has 0 fully saturated rings. The quantitative estimate of drug-likeness (QED) is 0.873. The monoisotopic (exact) mass is 323 g/mol. The molecule has 0 amide bonds. The Morgan fingerprint density at radius 3 is 2.56 bits per heavy atom. The molecule has 0 radical (unpaired) electrons. The van der Waals surface area contributed by atoms with Crippen LogP contribution in [0.15, 0.2) is 16.6 Å². The summed E-state index contributed by atoms with van der Waals surface area (Å²) in [5.74, 6) is 0.308. The van der Waals surface area contributed by atoms with Gasteiger partial charge in [0, 0.05) is 6.04 Å². The zero-order valence-electron chi connectivity index (χ0n) is 10.3. The molecule has 0 aliphatic rings. The molecule has 0 bridgehead atoms. The van der Waals surface area contributed by atoms with E-state index in [0.29, 0.717) is 23.2 Å². The lowest BCUT2D eigenvalue weighted by molar-refractivity contribution is -0.0519. The molecule has 1 aromatic rings. The van der Waals surface area contributed by atoms with Crippen LogP contribution in [0.2, 0.25) is 0 Å². The maximum atomic E-state index is 12.3. The van der Waals surface area contributed by atoms with E-state index in [1.807, 2.05) is 6.92 Å². The van der Waals surface area contributed by atoms with Crippen molar-refractivity contribution in [1.82, 2.24) is 0 Å². The molecule has 1 aromatic carbocycles. The largest absolute Gasteiger partial charge is 0.490 e. The van der Waals surface area contributed by atoms with Crippen molar-refractivity contribution in [2.24, 2.45) is 5.73 Å². The van der Waals surface area contributed by atoms with Crippen LogP contribution in [0, 0.1) is 0 Å². The Balaban J connectivity index is 3.09. The van der Waals surface area contributed by atoms with Gasteiger partial charge in [0.15, 0.2) is 11.5 Å². The molecule has 2 N–H and O–H groups in total. The van der Waals surface area contributed by atoms with Gasteiger partial charge in [-0.05, 0) is 53.9 Å². The summed E-state index contributed by atoms with van der Waals surface area (Å²) >= 11 is 3.21. The summed E-state index contributed by atoms with van der Waals surface area (Å²) in [6.07, 6.45) is 0.633. The van der Waals surface area contributed by atoms with Crippen LogP contribution < -0.4 is 15.2 Å². The third kappa shape index (κ3) is 4.42. The lowest BCUT2D eigenvalue weighted by Crippen LogP contribution is -2.18. The van der Waals surface area contributed by atoms with E-state index in [1.165, 1.54) is 0 Å². The maximum absolute atomic E-state index is 12.3. The number of hydrogen-bond acceptors (Lipinski definition) is 3. The van der Waals surface area contributed by atoms with Crippen molar-refractivity contribution in [2.75, 3.05) is 6.61 Å². The summed E-state index contributed by atoms with van der Waals surface area (Å²) < 4.78 is 34.8. The van der Waals surface area contributed by atoms with Crippen molar-refractivity contribution in [3.05, 3.63) is 22.2 Å². The third-order valence-electron chi connectivity index (χ3n) is 2.13. The van der Waals surface area contributed by atoms with E-state index < -0.39 is 6.61 Å². The first-order chi connectivity index (χ1) is 8.43. The average molecular weight is 324 g/mol. The van der Waals surface area contributed by atoms with Crippen LogP contribution >= 0.6 is 15.9 Å². The van der Waals surface area contributed by atoms with Gasteiger partial charge < -0.3 is 15.2 Å². The van der Waals surface area contributed by atoms with Gasteiger partial charge >= 0.3 is 6.61 Å². The second kappa shape index (κ2) is 6.89. The number of rotatable bonds is 6. The highest BCUT2D eigenvalue weighted by Gasteiger charge is 2.16. The summed E-state index contributed by atoms with van der Waals surface area (Å²) in [4.78, 5) is 0. The summed E-state index contributed by atoms with van der Waals surface area (Å²) in [5, 5.41) is 0. The molecule has 18 heavy (non-hydrogen) atoms. The Morgan fingerprint density at radius 1 is 1.39 bits per heavy atom. The van der Waals surface area contributed by atoms with Gasteiger partial charge in [-0.3, -0.25) is 0 Å². The lowest BCUT2D eigenvalue weighted by atomic mass is 10.1. The number of ether oxygens (including phenoxy) is 2. The van der Waals surface area contributed by atoms with Crippen LogP contribution in [-0.4, -0.2) is 19.3 Å². The fourth-order valence-electron chi connectivity index (χ4n) is 1.58. The van der Waals surface area contributed by atoms with Gasteiger partial charge in [0.1, 0.15) is 0 Å². The molecule has 0 aromatic heterocycles. The Labute approximate surface area is 113 Å². The highest BCUT2D eigenvalue weighted by Crippen LogP contribution is 2.38. The van der Waals surface area contributed by atoms with Gasteiger partial charge in [-0.2, -0.15) is 8.78 Å². The van der Waals surface area contributed by atoms with Gasteiger partial charge in [0.25, 0.3) is 0 Å². The Hall–Kier alpha value is -0.880. The van der Waals surface area contributed by atoms with Crippen molar-refractivity contribution in [1.29, 1.82) is 0 Å². The van der Waals surface area contributed by atoms with E-state index in [4.69, 9.17) is 10.5 Å². The van der Waals surface area contributed by atoms with Crippen molar-refractivity contribution in [2.45, 2.75) is 32.9 Å². The predicted molar refractivity (Wildman–Crippen MR) is 69.3 cm³/mol.